The highest BCUT2D eigenvalue weighted by molar-refractivity contribution is 6.33. The third-order valence-electron chi connectivity index (χ3n) is 14.2. The maximum atomic E-state index is 13.4. The number of aromatic nitrogens is 16. The van der Waals surface area contributed by atoms with E-state index in [0.717, 1.165) is 134 Å². The minimum atomic E-state index is -0.318. The Morgan fingerprint density at radius 2 is 0.919 bits per heavy atom. The van der Waals surface area contributed by atoms with E-state index in [9.17, 15) is 4.39 Å². The number of aryl methyl sites for hydroxylation is 2. The summed E-state index contributed by atoms with van der Waals surface area (Å²) >= 11 is 30.3. The van der Waals surface area contributed by atoms with Crippen LogP contribution in [0.3, 0.4) is 0 Å². The molecule has 9 N–H and O–H groups in total. The molecule has 0 saturated carbocycles. The van der Waals surface area contributed by atoms with Gasteiger partial charge in [-0.15, -0.1) is 0 Å². The molecule has 0 unspecified atom stereocenters. The highest BCUT2D eigenvalue weighted by atomic mass is 35.5. The van der Waals surface area contributed by atoms with Crippen LogP contribution in [0, 0.1) is 19.7 Å². The number of rotatable bonds is 9. The lowest BCUT2D eigenvalue weighted by molar-refractivity contribution is 0.627. The standard InChI is InChI=1S/C17H11Cl2N5.C15H14ClN5.C14H12ClFN6.C13H12ClN5/c18-12-7-3-1-5-10(12)14-9-15(22-17(19)20-14)21-16-11-6-2-4-8-13(11)23-24-16;16-15-17-11-7-3-1-5-9(11)13(19-15)18-14-10-6-2-4-8-12(10)20-21-14;15-14-18-10-3-4-17-6-9(10)12(20-14)19-13-8-5-7(16)1-2-11(8)21-22-13;1-7-8(2)15-13(14)17-11(7)16-12-9-5-3-4-6-10(9)18-19-12/h1-9H,(H2,20,21,22,23,24);2,4,6,8H,1,3,5,7H2,(H2,17,18,19,20,21);1-2,5,17H,3-4,6H2,(H2,18,19,20,21,22);3-6H,1-2H3,(H2,15,16,17,18,19). The van der Waals surface area contributed by atoms with Crippen LogP contribution in [-0.2, 0) is 25.8 Å². The van der Waals surface area contributed by atoms with Crippen molar-refractivity contribution in [2.75, 3.05) is 27.8 Å². The van der Waals surface area contributed by atoms with Crippen molar-refractivity contribution in [3.63, 3.8) is 0 Å². The third kappa shape index (κ3) is 12.9. The molecule has 1 aliphatic heterocycles. The van der Waals surface area contributed by atoms with Gasteiger partial charge < -0.3 is 26.6 Å². The molecule has 5 aromatic carbocycles. The molecule has 27 heteroatoms. The maximum Gasteiger partial charge on any atom is 0.224 e. The summed E-state index contributed by atoms with van der Waals surface area (Å²) in [6.07, 6.45) is 5.06. The molecule has 9 heterocycles. The van der Waals surface area contributed by atoms with Crippen molar-refractivity contribution in [3.05, 3.63) is 187 Å². The van der Waals surface area contributed by atoms with Crippen molar-refractivity contribution in [1.82, 2.24) is 86.0 Å². The first kappa shape index (κ1) is 57.3. The third-order valence-corrected chi connectivity index (χ3v) is 15.2. The van der Waals surface area contributed by atoms with E-state index in [1.807, 2.05) is 105 Å². The second-order valence-corrected chi connectivity index (χ2v) is 21.5. The summed E-state index contributed by atoms with van der Waals surface area (Å²) in [5.74, 6) is 4.96. The Balaban J connectivity index is 0.000000113. The van der Waals surface area contributed by atoms with E-state index in [2.05, 4.69) is 107 Å². The predicted molar refractivity (Wildman–Crippen MR) is 338 cm³/mol. The molecule has 432 valence electrons. The summed E-state index contributed by atoms with van der Waals surface area (Å²) in [5.41, 5.74) is 11.0. The van der Waals surface area contributed by atoms with Crippen LogP contribution in [0.5, 0.6) is 0 Å². The number of para-hydroxylation sites is 3. The summed E-state index contributed by atoms with van der Waals surface area (Å²) in [7, 11) is 0. The molecule has 1 aliphatic carbocycles. The number of benzene rings is 5. The van der Waals surface area contributed by atoms with Crippen LogP contribution in [0.1, 0.15) is 46.6 Å². The van der Waals surface area contributed by atoms with E-state index < -0.39 is 0 Å². The zero-order valence-electron chi connectivity index (χ0n) is 45.6. The second-order valence-electron chi connectivity index (χ2n) is 19.7. The Morgan fingerprint density at radius 1 is 0.430 bits per heavy atom. The number of anilines is 8. The lowest BCUT2D eigenvalue weighted by Crippen LogP contribution is -2.26. The Labute approximate surface area is 514 Å². The fourth-order valence-corrected chi connectivity index (χ4v) is 10.8. The van der Waals surface area contributed by atoms with Crippen LogP contribution in [-0.4, -0.2) is 87.2 Å². The lowest BCUT2D eigenvalue weighted by atomic mass is 9.96. The zero-order valence-corrected chi connectivity index (χ0v) is 49.4. The van der Waals surface area contributed by atoms with Gasteiger partial charge in [0.25, 0.3) is 0 Å². The normalized spacial score (nSPS) is 12.5. The first-order chi connectivity index (χ1) is 41.9. The molecule has 2 aliphatic rings. The number of H-pyrrole nitrogens is 4. The molecule has 0 radical (unpaired) electrons. The van der Waals surface area contributed by atoms with Gasteiger partial charge in [0.2, 0.25) is 21.1 Å². The van der Waals surface area contributed by atoms with Crippen LogP contribution in [0.4, 0.5) is 50.9 Å². The Morgan fingerprint density at radius 3 is 1.55 bits per heavy atom. The molecule has 0 atom stereocenters. The number of nitrogens with zero attached hydrogens (tertiary/aromatic N) is 12. The average Bonchev–Trinajstić information content (AvgIpc) is 3.81. The Bertz CT molecular complexity index is 4600. The van der Waals surface area contributed by atoms with Gasteiger partial charge in [-0.3, -0.25) is 20.4 Å². The van der Waals surface area contributed by atoms with Gasteiger partial charge in [0.1, 0.15) is 29.1 Å². The zero-order chi connectivity index (χ0) is 59.3. The van der Waals surface area contributed by atoms with Gasteiger partial charge >= 0.3 is 0 Å². The molecule has 21 nitrogen and oxygen atoms in total. The molecule has 15 rings (SSSR count). The van der Waals surface area contributed by atoms with Gasteiger partial charge in [-0.25, -0.2) is 44.3 Å². The number of nitrogens with one attached hydrogen (secondary N) is 9. The highest BCUT2D eigenvalue weighted by Gasteiger charge is 2.21. The van der Waals surface area contributed by atoms with Gasteiger partial charge in [0.05, 0.1) is 39.1 Å². The number of halogens is 6. The number of hydrogen-bond donors (Lipinski definition) is 9. The summed E-state index contributed by atoms with van der Waals surface area (Å²) in [5, 5.41) is 50.1. The van der Waals surface area contributed by atoms with Crippen molar-refractivity contribution in [2.45, 2.75) is 52.5 Å². The minimum Gasteiger partial charge on any atom is -0.323 e. The smallest absolute Gasteiger partial charge is 0.224 e. The molecule has 86 heavy (non-hydrogen) atoms. The van der Waals surface area contributed by atoms with Crippen molar-refractivity contribution in [2.24, 2.45) is 0 Å². The molecule has 0 spiro atoms. The fraction of sp³-hybridized carbons (Fsp3) is 0.153. The maximum absolute atomic E-state index is 13.4. The largest absolute Gasteiger partial charge is 0.323 e. The Kier molecular flexibility index (Phi) is 17.0. The van der Waals surface area contributed by atoms with E-state index in [-0.39, 0.29) is 27.0 Å². The highest BCUT2D eigenvalue weighted by Crippen LogP contribution is 2.34. The van der Waals surface area contributed by atoms with Crippen LogP contribution in [0.25, 0.3) is 54.9 Å². The molecular formula is C59H49Cl5FN21. The first-order valence-corrected chi connectivity index (χ1v) is 28.9. The predicted octanol–water partition coefficient (Wildman–Crippen LogP) is 14.6. The van der Waals surface area contributed by atoms with E-state index in [1.165, 1.54) is 12.1 Å². The van der Waals surface area contributed by atoms with Crippen LogP contribution < -0.4 is 26.6 Å². The molecule has 8 aromatic heterocycles. The molecule has 0 bridgehead atoms. The minimum absolute atomic E-state index is 0.134. The summed E-state index contributed by atoms with van der Waals surface area (Å²) in [6, 6.07) is 37.4. The molecule has 13 aromatic rings. The summed E-state index contributed by atoms with van der Waals surface area (Å²) < 4.78 is 13.4. The van der Waals surface area contributed by atoms with Crippen molar-refractivity contribution < 1.29 is 4.39 Å². The quantitative estimate of drug-likeness (QED) is 0.0608. The number of aromatic amines is 4. The lowest BCUT2D eigenvalue weighted by Gasteiger charge is -2.19. The molecule has 0 amide bonds. The van der Waals surface area contributed by atoms with Gasteiger partial charge in [0, 0.05) is 80.1 Å². The summed E-state index contributed by atoms with van der Waals surface area (Å²) in [6.45, 7) is 5.36. The molecule has 0 fully saturated rings. The van der Waals surface area contributed by atoms with Gasteiger partial charge in [0.15, 0.2) is 23.3 Å². The molecule has 0 saturated heterocycles. The van der Waals surface area contributed by atoms with E-state index >= 15 is 0 Å². The van der Waals surface area contributed by atoms with Gasteiger partial charge in [-0.1, -0.05) is 66.2 Å². The topological polar surface area (TPSA) is 278 Å². The van der Waals surface area contributed by atoms with Crippen molar-refractivity contribution >= 4 is 148 Å². The average molecular weight is 1250 g/mol. The van der Waals surface area contributed by atoms with Gasteiger partial charge in [-0.05, 0) is 147 Å². The number of hydrogen-bond acceptors (Lipinski definition) is 17. The monoisotopic (exact) mass is 1250 g/mol. The second kappa shape index (κ2) is 25.6. The van der Waals surface area contributed by atoms with Crippen molar-refractivity contribution in [1.29, 1.82) is 0 Å². The first-order valence-electron chi connectivity index (χ1n) is 27.0. The summed E-state index contributed by atoms with van der Waals surface area (Å²) in [4.78, 5) is 34.0. The van der Waals surface area contributed by atoms with Gasteiger partial charge in [-0.2, -0.15) is 20.4 Å². The number of fused-ring (bicyclic) bond motifs is 6. The van der Waals surface area contributed by atoms with E-state index in [0.29, 0.717) is 51.7 Å². The van der Waals surface area contributed by atoms with Crippen molar-refractivity contribution in [3.8, 4) is 11.3 Å². The Hall–Kier alpha value is -9.16. The van der Waals surface area contributed by atoms with E-state index in [4.69, 9.17) is 58.0 Å². The van der Waals surface area contributed by atoms with Crippen LogP contribution >= 0.6 is 58.0 Å². The van der Waals surface area contributed by atoms with E-state index in [1.54, 1.807) is 18.2 Å². The SMILES string of the molecule is Cc1nc(Cl)nc(Nc2n[nH]c3ccccc23)c1C.Clc1nc(Nc2n[nH]c3ccccc23)cc(-c2ccccc2Cl)n1.Clc1nc2c(c(Nc3n[nH]c4ccccc34)n1)CCCC2.Fc1ccc2[nH]nc(Nc3nc(Cl)nc4c3CNCC4)c2c1. The van der Waals surface area contributed by atoms with Crippen LogP contribution in [0.2, 0.25) is 26.2 Å². The fourth-order valence-electron chi connectivity index (χ4n) is 9.80. The molecular weight excluding hydrogens is 1200 g/mol. The van der Waals surface area contributed by atoms with Crippen LogP contribution in [0.15, 0.2) is 121 Å².